The van der Waals surface area contributed by atoms with Crippen LogP contribution in [0.25, 0.3) is 0 Å². The summed E-state index contributed by atoms with van der Waals surface area (Å²) >= 11 is 0. The van der Waals surface area contributed by atoms with Crippen LogP contribution in [0.15, 0.2) is 70.6 Å². The summed E-state index contributed by atoms with van der Waals surface area (Å²) in [6, 6.07) is 18.6. The minimum absolute atomic E-state index is 0. The van der Waals surface area contributed by atoms with Crippen LogP contribution in [0.3, 0.4) is 0 Å². The summed E-state index contributed by atoms with van der Waals surface area (Å²) in [5, 5.41) is 23.9. The number of nitrogens with zero attached hydrogens (tertiary/aromatic N) is 2. The first-order valence-corrected chi connectivity index (χ1v) is 11.7. The Labute approximate surface area is 235 Å². The molecule has 0 aromatic heterocycles. The van der Waals surface area contributed by atoms with Crippen molar-refractivity contribution in [3.8, 4) is 23.0 Å². The minimum atomic E-state index is -0.347. The minimum Gasteiger partial charge on any atom is -0.873 e. The largest absolute Gasteiger partial charge is 2.00 e. The van der Waals surface area contributed by atoms with Crippen LogP contribution in [-0.2, 0) is 31.9 Å². The molecule has 0 fully saturated rings. The van der Waals surface area contributed by atoms with Crippen LogP contribution in [-0.4, -0.2) is 26.6 Å². The molecule has 200 valence electrons. The number of hydrogen-bond donors (Lipinski definition) is 0. The molecule has 0 aliphatic rings. The number of aliphatic imine (C=N–C) groups is 2. The van der Waals surface area contributed by atoms with E-state index < -0.39 is 0 Å². The molecule has 0 spiro atoms. The molecule has 0 bridgehead atoms. The van der Waals surface area contributed by atoms with Crippen LogP contribution >= 0.6 is 0 Å². The first-order valence-electron chi connectivity index (χ1n) is 11.7. The standard InChI is InChI=1S/C16H16N2O2.C14H22O2.Pt/c1-19-15-7-3-13(4-8-15)17-11-12-18-14-5-9-16(20-2)10-6-14;1-13(2,3)9-7-8-10(14(4,5)6)12(16)11(9)15;/h3-12H,1-2H3;7-8,15-16H,1-6H3;/q;;+2/p-2. The van der Waals surface area contributed by atoms with Crippen LogP contribution < -0.4 is 19.7 Å². The Balaban J connectivity index is 0.000000369. The van der Waals surface area contributed by atoms with Crippen molar-refractivity contribution in [3.63, 3.8) is 0 Å². The zero-order valence-electron chi connectivity index (χ0n) is 22.8. The summed E-state index contributed by atoms with van der Waals surface area (Å²) < 4.78 is 10.2. The molecular weight excluding hydrogens is 647 g/mol. The Hall–Kier alpha value is -3.11. The zero-order valence-corrected chi connectivity index (χ0v) is 25.0. The van der Waals surface area contributed by atoms with Gasteiger partial charge in [-0.15, -0.1) is 11.5 Å². The van der Waals surface area contributed by atoms with Crippen LogP contribution in [0.4, 0.5) is 11.4 Å². The molecule has 3 aromatic carbocycles. The molecule has 0 aliphatic carbocycles. The third-order valence-corrected chi connectivity index (χ3v) is 5.39. The van der Waals surface area contributed by atoms with E-state index in [9.17, 15) is 10.2 Å². The molecule has 0 saturated carbocycles. The van der Waals surface area contributed by atoms with Crippen molar-refractivity contribution in [2.24, 2.45) is 9.98 Å². The van der Waals surface area contributed by atoms with Crippen molar-refractivity contribution in [1.29, 1.82) is 0 Å². The second-order valence-corrected chi connectivity index (χ2v) is 10.3. The predicted molar refractivity (Wildman–Crippen MR) is 145 cm³/mol. The molecule has 3 aromatic rings. The van der Waals surface area contributed by atoms with E-state index >= 15 is 0 Å². The van der Waals surface area contributed by atoms with Gasteiger partial charge in [-0.2, -0.15) is 0 Å². The number of hydrogen-bond acceptors (Lipinski definition) is 6. The molecule has 6 nitrogen and oxygen atoms in total. The van der Waals surface area contributed by atoms with Crippen molar-refractivity contribution in [3.05, 3.63) is 71.8 Å². The number of benzene rings is 3. The van der Waals surface area contributed by atoms with Crippen molar-refractivity contribution in [2.75, 3.05) is 14.2 Å². The van der Waals surface area contributed by atoms with E-state index in [1.54, 1.807) is 38.8 Å². The van der Waals surface area contributed by atoms with Gasteiger partial charge in [-0.1, -0.05) is 64.8 Å². The summed E-state index contributed by atoms with van der Waals surface area (Å²) in [6.07, 6.45) is 3.32. The van der Waals surface area contributed by atoms with Gasteiger partial charge in [-0.3, -0.25) is 9.98 Å². The van der Waals surface area contributed by atoms with Gasteiger partial charge < -0.3 is 19.7 Å². The maximum atomic E-state index is 12.0. The Morgan fingerprint density at radius 1 is 0.568 bits per heavy atom. The van der Waals surface area contributed by atoms with E-state index in [1.807, 2.05) is 90.1 Å². The molecule has 37 heavy (non-hydrogen) atoms. The molecule has 0 saturated heterocycles. The second kappa shape index (κ2) is 14.0. The Bertz CT molecular complexity index is 1080. The number of methoxy groups -OCH3 is 2. The Morgan fingerprint density at radius 2 is 0.865 bits per heavy atom. The van der Waals surface area contributed by atoms with Crippen LogP contribution in [0.5, 0.6) is 23.0 Å². The predicted octanol–water partition coefficient (Wildman–Crippen LogP) is 6.23. The van der Waals surface area contributed by atoms with Crippen molar-refractivity contribution in [2.45, 2.75) is 52.4 Å². The topological polar surface area (TPSA) is 89.3 Å². The summed E-state index contributed by atoms with van der Waals surface area (Å²) in [5.74, 6) is 0.937. The molecule has 0 radical (unpaired) electrons. The zero-order chi connectivity index (χ0) is 26.9. The van der Waals surface area contributed by atoms with Gasteiger partial charge >= 0.3 is 21.1 Å². The maximum Gasteiger partial charge on any atom is 2.00 e. The van der Waals surface area contributed by atoms with E-state index in [2.05, 4.69) is 9.98 Å². The van der Waals surface area contributed by atoms with Gasteiger partial charge in [0.15, 0.2) is 0 Å². The van der Waals surface area contributed by atoms with Crippen LogP contribution in [0.2, 0.25) is 0 Å². The van der Waals surface area contributed by atoms with E-state index in [0.717, 1.165) is 22.9 Å². The molecule has 0 amide bonds. The fourth-order valence-corrected chi connectivity index (χ4v) is 3.32. The molecule has 0 atom stereocenters. The Kier molecular flexibility index (Phi) is 12.1. The normalized spacial score (nSPS) is 11.6. The monoisotopic (exact) mass is 683 g/mol. The molecule has 0 unspecified atom stereocenters. The van der Waals surface area contributed by atoms with Crippen molar-refractivity contribution >= 4 is 23.8 Å². The first-order chi connectivity index (χ1) is 16.9. The fourth-order valence-electron chi connectivity index (χ4n) is 3.32. The van der Waals surface area contributed by atoms with Crippen LogP contribution in [0.1, 0.15) is 52.7 Å². The molecule has 0 aliphatic heterocycles. The summed E-state index contributed by atoms with van der Waals surface area (Å²) in [5.41, 5.74) is 2.37. The van der Waals surface area contributed by atoms with Gasteiger partial charge in [0.25, 0.3) is 0 Å². The van der Waals surface area contributed by atoms with Gasteiger partial charge in [-0.25, -0.2) is 0 Å². The molecule has 0 N–H and O–H groups in total. The summed E-state index contributed by atoms with van der Waals surface area (Å²) in [7, 11) is 3.28. The van der Waals surface area contributed by atoms with Gasteiger partial charge in [0, 0.05) is 12.4 Å². The maximum absolute atomic E-state index is 12.0. The number of rotatable bonds is 5. The number of ether oxygens (including phenoxy) is 2. The van der Waals surface area contributed by atoms with Gasteiger partial charge in [0.05, 0.1) is 25.6 Å². The fraction of sp³-hybridized carbons (Fsp3) is 0.333. The van der Waals surface area contributed by atoms with Gasteiger partial charge in [-0.05, 0) is 59.4 Å². The van der Waals surface area contributed by atoms with Crippen molar-refractivity contribution < 1.29 is 40.8 Å². The molecular formula is C30H36N2O4Pt. The second-order valence-electron chi connectivity index (χ2n) is 10.3. The third kappa shape index (κ3) is 9.70. The quantitative estimate of drug-likeness (QED) is 0.298. The first kappa shape index (κ1) is 31.9. The molecule has 3 rings (SSSR count). The van der Waals surface area contributed by atoms with Gasteiger partial charge in [0.2, 0.25) is 0 Å². The SMILES string of the molecule is CC(C)(C)c1ccc(C(C)(C)C)c([O-])c1[O-].COc1ccc(N=CC=Nc2ccc(OC)cc2)cc1.[Pt+2]. The Morgan fingerprint density at radius 3 is 1.11 bits per heavy atom. The van der Waals surface area contributed by atoms with E-state index in [1.165, 1.54) is 0 Å². The van der Waals surface area contributed by atoms with Crippen LogP contribution in [0, 0.1) is 0 Å². The van der Waals surface area contributed by atoms with Crippen molar-refractivity contribution in [1.82, 2.24) is 0 Å². The third-order valence-electron chi connectivity index (χ3n) is 5.39. The average molecular weight is 684 g/mol. The molecule has 0 heterocycles. The van der Waals surface area contributed by atoms with E-state index in [4.69, 9.17) is 9.47 Å². The summed E-state index contributed by atoms with van der Waals surface area (Å²) in [4.78, 5) is 8.55. The van der Waals surface area contributed by atoms with Gasteiger partial charge in [0.1, 0.15) is 11.5 Å². The van der Waals surface area contributed by atoms with E-state index in [0.29, 0.717) is 11.1 Å². The van der Waals surface area contributed by atoms with E-state index in [-0.39, 0.29) is 43.4 Å². The smallest absolute Gasteiger partial charge is 0.873 e. The average Bonchev–Trinajstić information content (AvgIpc) is 2.83. The molecule has 7 heteroatoms. The summed E-state index contributed by atoms with van der Waals surface area (Å²) in [6.45, 7) is 11.7.